The average molecular weight is 421 g/mol. The Morgan fingerprint density at radius 2 is 1.97 bits per heavy atom. The fourth-order valence-electron chi connectivity index (χ4n) is 5.62. The molecule has 1 spiro atoms. The van der Waals surface area contributed by atoms with Crippen LogP contribution in [0.15, 0.2) is 36.4 Å². The molecule has 5 rings (SSSR count). The third kappa shape index (κ3) is 3.38. The van der Waals surface area contributed by atoms with Gasteiger partial charge in [0.25, 0.3) is 0 Å². The zero-order chi connectivity index (χ0) is 21.6. The molecule has 6 heteroatoms. The number of benzene rings is 2. The standard InChI is InChI=1S/C25H32N4O2/c1-17-6-4-7-20(18(17)2)26-24(30)28-14-11-25(12-15-28)23-8-5-13-29(23)22-10-9-19(31-3)16-21(22)27-25/h4,6-7,9-10,16,23,27H,5,8,11-15H2,1-3H3,(H,26,30). The summed E-state index contributed by atoms with van der Waals surface area (Å²) in [4.78, 5) is 17.5. The van der Waals surface area contributed by atoms with Crippen molar-refractivity contribution in [3.63, 3.8) is 0 Å². The Labute approximate surface area is 184 Å². The minimum absolute atomic E-state index is 0.00436. The number of hydrogen-bond donors (Lipinski definition) is 2. The fraction of sp³-hybridized carbons (Fsp3) is 0.480. The van der Waals surface area contributed by atoms with Crippen LogP contribution >= 0.6 is 0 Å². The molecule has 0 aromatic heterocycles. The van der Waals surface area contributed by atoms with Crippen molar-refractivity contribution < 1.29 is 9.53 Å². The van der Waals surface area contributed by atoms with Crippen molar-refractivity contribution in [1.82, 2.24) is 4.90 Å². The second-order valence-electron chi connectivity index (χ2n) is 9.18. The summed E-state index contributed by atoms with van der Waals surface area (Å²) < 4.78 is 5.47. The predicted molar refractivity (Wildman–Crippen MR) is 125 cm³/mol. The van der Waals surface area contributed by atoms with E-state index in [0.717, 1.165) is 55.2 Å². The van der Waals surface area contributed by atoms with E-state index in [1.54, 1.807) is 7.11 Å². The number of fused-ring (bicyclic) bond motifs is 4. The lowest BCUT2D eigenvalue weighted by Crippen LogP contribution is -2.63. The lowest BCUT2D eigenvalue weighted by atomic mass is 9.77. The summed E-state index contributed by atoms with van der Waals surface area (Å²) in [6, 6.07) is 12.9. The number of ether oxygens (including phenoxy) is 1. The van der Waals surface area contributed by atoms with Crippen LogP contribution in [0, 0.1) is 13.8 Å². The van der Waals surface area contributed by atoms with E-state index in [0.29, 0.717) is 6.04 Å². The van der Waals surface area contributed by atoms with E-state index in [2.05, 4.69) is 47.6 Å². The smallest absolute Gasteiger partial charge is 0.321 e. The second kappa shape index (κ2) is 7.66. The van der Waals surface area contributed by atoms with Gasteiger partial charge in [0.2, 0.25) is 0 Å². The number of hydrogen-bond acceptors (Lipinski definition) is 4. The topological polar surface area (TPSA) is 56.8 Å². The molecule has 2 aromatic rings. The molecular weight excluding hydrogens is 388 g/mol. The molecule has 0 saturated carbocycles. The quantitative estimate of drug-likeness (QED) is 0.735. The van der Waals surface area contributed by atoms with Crippen LogP contribution in [-0.2, 0) is 0 Å². The Balaban J connectivity index is 1.33. The Hall–Kier alpha value is -2.89. The molecule has 2 N–H and O–H groups in total. The van der Waals surface area contributed by atoms with Crippen LogP contribution in [0.5, 0.6) is 5.75 Å². The summed E-state index contributed by atoms with van der Waals surface area (Å²) in [6.07, 6.45) is 4.32. The molecule has 2 aromatic carbocycles. The molecule has 1 atom stereocenters. The van der Waals surface area contributed by atoms with Crippen LogP contribution < -0.4 is 20.3 Å². The molecule has 164 valence electrons. The summed E-state index contributed by atoms with van der Waals surface area (Å²) in [5, 5.41) is 7.03. The third-order valence-electron chi connectivity index (χ3n) is 7.58. The minimum atomic E-state index is 0.00436. The van der Waals surface area contributed by atoms with Crippen LogP contribution in [0.3, 0.4) is 0 Å². The summed E-state index contributed by atoms with van der Waals surface area (Å²) in [6.45, 7) is 6.75. The van der Waals surface area contributed by atoms with E-state index in [4.69, 9.17) is 4.74 Å². The van der Waals surface area contributed by atoms with Crippen LogP contribution in [0.25, 0.3) is 0 Å². The highest BCUT2D eigenvalue weighted by Gasteiger charge is 2.50. The van der Waals surface area contributed by atoms with Crippen molar-refractivity contribution >= 4 is 23.1 Å². The van der Waals surface area contributed by atoms with Gasteiger partial charge in [-0.25, -0.2) is 4.79 Å². The number of carbonyl (C=O) groups excluding carboxylic acids is 1. The Kier molecular flexibility index (Phi) is 4.95. The predicted octanol–water partition coefficient (Wildman–Crippen LogP) is 4.77. The first-order chi connectivity index (χ1) is 15.0. The summed E-state index contributed by atoms with van der Waals surface area (Å²) in [5.74, 6) is 0.879. The SMILES string of the molecule is COc1ccc2c(c1)NC1(CCN(C(=O)Nc3cccc(C)c3C)CC1)C1CCCN21. The molecular formula is C25H32N4O2. The van der Waals surface area contributed by atoms with E-state index in [1.165, 1.54) is 24.1 Å². The van der Waals surface area contributed by atoms with Gasteiger partial charge in [-0.15, -0.1) is 0 Å². The fourth-order valence-corrected chi connectivity index (χ4v) is 5.62. The second-order valence-corrected chi connectivity index (χ2v) is 9.18. The van der Waals surface area contributed by atoms with E-state index < -0.39 is 0 Å². The van der Waals surface area contributed by atoms with Crippen molar-refractivity contribution in [3.05, 3.63) is 47.5 Å². The van der Waals surface area contributed by atoms with Crippen LogP contribution in [0.4, 0.5) is 21.9 Å². The van der Waals surface area contributed by atoms with Gasteiger partial charge in [-0.05, 0) is 68.9 Å². The van der Waals surface area contributed by atoms with E-state index in [-0.39, 0.29) is 11.6 Å². The number of methoxy groups -OCH3 is 1. The molecule has 6 nitrogen and oxygen atoms in total. The monoisotopic (exact) mass is 420 g/mol. The molecule has 2 fully saturated rings. The third-order valence-corrected chi connectivity index (χ3v) is 7.58. The molecule has 3 aliphatic heterocycles. The number of rotatable bonds is 2. The minimum Gasteiger partial charge on any atom is -0.497 e. The molecule has 2 amide bonds. The first kappa shape index (κ1) is 20.0. The van der Waals surface area contributed by atoms with E-state index >= 15 is 0 Å². The van der Waals surface area contributed by atoms with Crippen molar-refractivity contribution in [1.29, 1.82) is 0 Å². The van der Waals surface area contributed by atoms with E-state index in [1.807, 2.05) is 23.1 Å². The maximum atomic E-state index is 13.0. The van der Waals surface area contributed by atoms with Crippen LogP contribution in [-0.4, -0.2) is 49.3 Å². The van der Waals surface area contributed by atoms with Gasteiger partial charge in [0.05, 0.1) is 30.1 Å². The van der Waals surface area contributed by atoms with Gasteiger partial charge in [-0.1, -0.05) is 12.1 Å². The maximum absolute atomic E-state index is 13.0. The molecule has 2 saturated heterocycles. The number of carbonyl (C=O) groups is 1. The Bertz CT molecular complexity index is 997. The molecule has 0 aliphatic carbocycles. The number of anilines is 3. The van der Waals surface area contributed by atoms with Gasteiger partial charge in [0, 0.05) is 31.4 Å². The number of aryl methyl sites for hydroxylation is 1. The zero-order valence-electron chi connectivity index (χ0n) is 18.7. The number of nitrogens with one attached hydrogen (secondary N) is 2. The average Bonchev–Trinajstić information content (AvgIpc) is 3.28. The molecule has 31 heavy (non-hydrogen) atoms. The van der Waals surface area contributed by atoms with Gasteiger partial charge in [0.15, 0.2) is 0 Å². The highest BCUT2D eigenvalue weighted by atomic mass is 16.5. The number of amides is 2. The number of urea groups is 1. The summed E-state index contributed by atoms with van der Waals surface area (Å²) in [7, 11) is 1.71. The largest absolute Gasteiger partial charge is 0.497 e. The normalized spacial score (nSPS) is 21.3. The first-order valence-corrected chi connectivity index (χ1v) is 11.4. The van der Waals surface area contributed by atoms with Gasteiger partial charge < -0.3 is 25.2 Å². The van der Waals surface area contributed by atoms with Crippen molar-refractivity contribution in [3.8, 4) is 5.75 Å². The van der Waals surface area contributed by atoms with Crippen molar-refractivity contribution in [2.45, 2.75) is 51.1 Å². The Morgan fingerprint density at radius 1 is 1.16 bits per heavy atom. The molecule has 3 heterocycles. The van der Waals surface area contributed by atoms with Crippen molar-refractivity contribution in [2.75, 3.05) is 42.3 Å². The summed E-state index contributed by atoms with van der Waals surface area (Å²) in [5.41, 5.74) is 5.67. The molecule has 3 aliphatic rings. The molecule has 1 unspecified atom stereocenters. The highest BCUT2D eigenvalue weighted by molar-refractivity contribution is 5.90. The molecule has 0 radical (unpaired) electrons. The Morgan fingerprint density at radius 3 is 2.74 bits per heavy atom. The zero-order valence-corrected chi connectivity index (χ0v) is 18.7. The highest BCUT2D eigenvalue weighted by Crippen LogP contribution is 2.47. The van der Waals surface area contributed by atoms with Gasteiger partial charge in [-0.3, -0.25) is 0 Å². The lowest BCUT2D eigenvalue weighted by molar-refractivity contribution is 0.164. The molecule has 0 bridgehead atoms. The lowest BCUT2D eigenvalue weighted by Gasteiger charge is -2.53. The number of likely N-dealkylation sites (tertiary alicyclic amines) is 1. The number of piperidine rings is 1. The number of nitrogens with zero attached hydrogens (tertiary/aromatic N) is 2. The van der Waals surface area contributed by atoms with Gasteiger partial charge in [-0.2, -0.15) is 0 Å². The van der Waals surface area contributed by atoms with Crippen LogP contribution in [0.2, 0.25) is 0 Å². The maximum Gasteiger partial charge on any atom is 0.321 e. The van der Waals surface area contributed by atoms with Crippen molar-refractivity contribution in [2.24, 2.45) is 0 Å². The van der Waals surface area contributed by atoms with Gasteiger partial charge in [0.1, 0.15) is 5.75 Å². The first-order valence-electron chi connectivity index (χ1n) is 11.4. The van der Waals surface area contributed by atoms with Crippen LogP contribution in [0.1, 0.15) is 36.8 Å². The summed E-state index contributed by atoms with van der Waals surface area (Å²) >= 11 is 0. The van der Waals surface area contributed by atoms with Gasteiger partial charge >= 0.3 is 6.03 Å². The van der Waals surface area contributed by atoms with E-state index in [9.17, 15) is 4.79 Å².